The molecule has 0 saturated carbocycles. The Morgan fingerprint density at radius 1 is 0.903 bits per heavy atom. The summed E-state index contributed by atoms with van der Waals surface area (Å²) in [6.45, 7) is 1.88. The number of halogens is 1. The molecule has 0 aliphatic heterocycles. The first-order valence-electron chi connectivity index (χ1n) is 9.23. The fourth-order valence-electron chi connectivity index (χ4n) is 2.96. The number of methoxy groups -OCH3 is 1. The van der Waals surface area contributed by atoms with Gasteiger partial charge < -0.3 is 4.74 Å². The van der Waals surface area contributed by atoms with E-state index in [-0.39, 0.29) is 27.8 Å². The highest BCUT2D eigenvalue weighted by Gasteiger charge is 2.26. The molecule has 0 unspecified atom stereocenters. The minimum Gasteiger partial charge on any atom is -0.495 e. The Hall–Kier alpha value is -3.11. The quantitative estimate of drug-likeness (QED) is 0.547. The van der Waals surface area contributed by atoms with E-state index in [1.807, 2.05) is 0 Å². The summed E-state index contributed by atoms with van der Waals surface area (Å²) in [6.07, 6.45) is 0. The van der Waals surface area contributed by atoms with Gasteiger partial charge >= 0.3 is 0 Å². The monoisotopic (exact) mass is 464 g/mol. The largest absolute Gasteiger partial charge is 0.495 e. The van der Waals surface area contributed by atoms with Gasteiger partial charge in [-0.25, -0.2) is 21.2 Å². The maximum absolute atomic E-state index is 13.3. The van der Waals surface area contributed by atoms with E-state index in [0.29, 0.717) is 5.69 Å². The SMILES string of the molecule is CCN(c1ccccc1)S(=O)(=O)c1ccc(OC)c(NS(=O)(=O)c2ccc(F)cc2)c1. The lowest BCUT2D eigenvalue weighted by molar-refractivity contribution is 0.416. The van der Waals surface area contributed by atoms with Crippen LogP contribution in [0.1, 0.15) is 6.92 Å². The molecule has 0 aliphatic rings. The van der Waals surface area contributed by atoms with Gasteiger partial charge in [0.1, 0.15) is 11.6 Å². The van der Waals surface area contributed by atoms with Crippen molar-refractivity contribution in [2.45, 2.75) is 16.7 Å². The summed E-state index contributed by atoms with van der Waals surface area (Å²) in [7, 11) is -6.76. The number of benzene rings is 3. The number of nitrogens with one attached hydrogen (secondary N) is 1. The Morgan fingerprint density at radius 2 is 1.52 bits per heavy atom. The summed E-state index contributed by atoms with van der Waals surface area (Å²) in [5.74, 6) is -0.447. The van der Waals surface area contributed by atoms with Gasteiger partial charge in [0.25, 0.3) is 20.0 Å². The van der Waals surface area contributed by atoms with Crippen LogP contribution in [0.5, 0.6) is 5.75 Å². The van der Waals surface area contributed by atoms with E-state index in [0.717, 1.165) is 24.3 Å². The third-order valence-corrected chi connectivity index (χ3v) is 7.74. The maximum Gasteiger partial charge on any atom is 0.264 e. The molecular formula is C21H21FN2O5S2. The Kier molecular flexibility index (Phi) is 6.51. The molecule has 0 fully saturated rings. The highest BCUT2D eigenvalue weighted by molar-refractivity contribution is 7.93. The van der Waals surface area contributed by atoms with Crippen LogP contribution in [0, 0.1) is 5.82 Å². The third-order valence-electron chi connectivity index (χ3n) is 4.46. The second kappa shape index (κ2) is 8.94. The second-order valence-electron chi connectivity index (χ2n) is 6.43. The van der Waals surface area contributed by atoms with Crippen LogP contribution in [-0.4, -0.2) is 30.5 Å². The smallest absolute Gasteiger partial charge is 0.264 e. The first kappa shape index (κ1) is 22.6. The molecular weight excluding hydrogens is 443 g/mol. The predicted molar refractivity (Wildman–Crippen MR) is 117 cm³/mol. The third kappa shape index (κ3) is 4.80. The van der Waals surface area contributed by atoms with Crippen molar-refractivity contribution in [3.05, 3.63) is 78.6 Å². The van der Waals surface area contributed by atoms with Crippen molar-refractivity contribution in [3.8, 4) is 5.75 Å². The molecule has 7 nitrogen and oxygen atoms in total. The lowest BCUT2D eigenvalue weighted by Gasteiger charge is -2.23. The van der Waals surface area contributed by atoms with Gasteiger partial charge in [-0.15, -0.1) is 0 Å². The second-order valence-corrected chi connectivity index (χ2v) is 9.97. The van der Waals surface area contributed by atoms with Gasteiger partial charge in [-0.05, 0) is 61.5 Å². The van der Waals surface area contributed by atoms with Crippen molar-refractivity contribution < 1.29 is 26.0 Å². The van der Waals surface area contributed by atoms with Gasteiger partial charge in [0.05, 0.1) is 28.3 Å². The van der Waals surface area contributed by atoms with Gasteiger partial charge in [-0.1, -0.05) is 18.2 Å². The van der Waals surface area contributed by atoms with Crippen molar-refractivity contribution >= 4 is 31.4 Å². The minimum absolute atomic E-state index is 0.0583. The first-order valence-corrected chi connectivity index (χ1v) is 12.2. The Balaban J connectivity index is 2.03. The molecule has 31 heavy (non-hydrogen) atoms. The average molecular weight is 465 g/mol. The molecule has 0 radical (unpaired) electrons. The Bertz CT molecular complexity index is 1260. The number of para-hydroxylation sites is 1. The first-order chi connectivity index (χ1) is 14.7. The van der Waals surface area contributed by atoms with Crippen molar-refractivity contribution in [2.24, 2.45) is 0 Å². The molecule has 3 rings (SSSR count). The van der Waals surface area contributed by atoms with Crippen LogP contribution in [0.25, 0.3) is 0 Å². The van der Waals surface area contributed by atoms with Gasteiger partial charge in [0.2, 0.25) is 0 Å². The van der Waals surface area contributed by atoms with E-state index in [1.165, 1.54) is 29.6 Å². The summed E-state index contributed by atoms with van der Waals surface area (Å²) in [6, 6.07) is 16.7. The van der Waals surface area contributed by atoms with Crippen molar-refractivity contribution in [3.63, 3.8) is 0 Å². The van der Waals surface area contributed by atoms with Gasteiger partial charge in [0.15, 0.2) is 0 Å². The maximum atomic E-state index is 13.3. The topological polar surface area (TPSA) is 92.8 Å². The Morgan fingerprint density at radius 3 is 2.10 bits per heavy atom. The number of rotatable bonds is 8. The summed E-state index contributed by atoms with van der Waals surface area (Å²) in [5, 5.41) is 0. The van der Waals surface area contributed by atoms with E-state index >= 15 is 0 Å². The Labute approximate surface area is 181 Å². The lowest BCUT2D eigenvalue weighted by Crippen LogP contribution is -2.30. The highest BCUT2D eigenvalue weighted by atomic mass is 32.2. The molecule has 164 valence electrons. The molecule has 1 N–H and O–H groups in total. The number of hydrogen-bond donors (Lipinski definition) is 1. The van der Waals surface area contributed by atoms with Crippen LogP contribution in [0.3, 0.4) is 0 Å². The normalized spacial score (nSPS) is 11.7. The molecule has 0 aromatic heterocycles. The summed E-state index contributed by atoms with van der Waals surface area (Å²) < 4.78 is 73.8. The summed E-state index contributed by atoms with van der Waals surface area (Å²) >= 11 is 0. The molecule has 0 heterocycles. The molecule has 10 heteroatoms. The fraction of sp³-hybridized carbons (Fsp3) is 0.143. The van der Waals surface area contributed by atoms with E-state index in [2.05, 4.69) is 4.72 Å². The van der Waals surface area contributed by atoms with Crippen LogP contribution in [-0.2, 0) is 20.0 Å². The lowest BCUT2D eigenvalue weighted by atomic mass is 10.3. The molecule has 0 saturated heterocycles. The zero-order valence-corrected chi connectivity index (χ0v) is 18.5. The van der Waals surface area contributed by atoms with Crippen LogP contribution in [0.15, 0.2) is 82.6 Å². The van der Waals surface area contributed by atoms with E-state index in [9.17, 15) is 21.2 Å². The number of anilines is 2. The van der Waals surface area contributed by atoms with Gasteiger partial charge in [-0.3, -0.25) is 9.03 Å². The van der Waals surface area contributed by atoms with E-state index < -0.39 is 25.9 Å². The van der Waals surface area contributed by atoms with Crippen LogP contribution >= 0.6 is 0 Å². The average Bonchev–Trinajstić information content (AvgIpc) is 2.75. The number of nitrogens with zero attached hydrogens (tertiary/aromatic N) is 1. The summed E-state index contributed by atoms with van der Waals surface area (Å²) in [4.78, 5) is -0.292. The van der Waals surface area contributed by atoms with Gasteiger partial charge in [0, 0.05) is 6.54 Å². The summed E-state index contributed by atoms with van der Waals surface area (Å²) in [5.41, 5.74) is 0.422. The van der Waals surface area contributed by atoms with E-state index in [1.54, 1.807) is 37.3 Å². The number of hydrogen-bond acceptors (Lipinski definition) is 5. The van der Waals surface area contributed by atoms with Gasteiger partial charge in [-0.2, -0.15) is 0 Å². The van der Waals surface area contributed by atoms with E-state index in [4.69, 9.17) is 4.74 Å². The zero-order chi connectivity index (χ0) is 22.6. The number of sulfonamides is 2. The highest BCUT2D eigenvalue weighted by Crippen LogP contribution is 2.32. The molecule has 0 bridgehead atoms. The molecule has 0 aliphatic carbocycles. The molecule has 3 aromatic rings. The van der Waals surface area contributed by atoms with Crippen LogP contribution < -0.4 is 13.8 Å². The van der Waals surface area contributed by atoms with Crippen molar-refractivity contribution in [1.82, 2.24) is 0 Å². The fourth-order valence-corrected chi connectivity index (χ4v) is 5.52. The van der Waals surface area contributed by atoms with Crippen LogP contribution in [0.4, 0.5) is 15.8 Å². The minimum atomic E-state index is -4.11. The molecule has 0 atom stereocenters. The molecule has 0 spiro atoms. The standard InChI is InChI=1S/C21H21FN2O5S2/c1-3-24(17-7-5-4-6-8-17)31(27,28)19-13-14-21(29-2)20(15-19)23-30(25,26)18-11-9-16(22)10-12-18/h4-15,23H,3H2,1-2H3. The predicted octanol–water partition coefficient (Wildman–Crippen LogP) is 3.85. The zero-order valence-electron chi connectivity index (χ0n) is 16.8. The van der Waals surface area contributed by atoms with Crippen molar-refractivity contribution in [1.29, 1.82) is 0 Å². The van der Waals surface area contributed by atoms with Crippen LogP contribution in [0.2, 0.25) is 0 Å². The molecule has 3 aromatic carbocycles. The molecule has 0 amide bonds. The van der Waals surface area contributed by atoms with Crippen molar-refractivity contribution in [2.75, 3.05) is 22.7 Å². The number of ether oxygens (including phenoxy) is 1.